The quantitative estimate of drug-likeness (QED) is 0.292. The lowest BCUT2D eigenvalue weighted by Gasteiger charge is -2.31. The minimum Gasteiger partial charge on any atom is -0.396 e. The zero-order chi connectivity index (χ0) is 26.4. The van der Waals surface area contributed by atoms with Crippen molar-refractivity contribution in [3.8, 4) is 0 Å². The molecule has 0 saturated carbocycles. The summed E-state index contributed by atoms with van der Waals surface area (Å²) in [6, 6.07) is 13.6. The third-order valence-corrected chi connectivity index (χ3v) is 7.91. The maximum absolute atomic E-state index is 13.1. The van der Waals surface area contributed by atoms with E-state index in [1.807, 2.05) is 62.5 Å². The summed E-state index contributed by atoms with van der Waals surface area (Å²) in [6.45, 7) is 8.83. The number of hydrogen-bond acceptors (Lipinski definition) is 6. The van der Waals surface area contributed by atoms with Crippen LogP contribution in [0.1, 0.15) is 61.4 Å². The van der Waals surface area contributed by atoms with Gasteiger partial charge in [0.1, 0.15) is 5.00 Å². The van der Waals surface area contributed by atoms with E-state index >= 15 is 0 Å². The molecule has 0 radical (unpaired) electrons. The number of benzene rings is 2. The number of aliphatic hydroxyl groups excluding tert-OH is 1. The summed E-state index contributed by atoms with van der Waals surface area (Å²) in [6.07, 6.45) is 3.60. The van der Waals surface area contributed by atoms with E-state index in [0.29, 0.717) is 22.0 Å². The molecule has 4 rings (SSSR count). The second kappa shape index (κ2) is 12.3. The predicted octanol–water partition coefficient (Wildman–Crippen LogP) is 4.89. The summed E-state index contributed by atoms with van der Waals surface area (Å²) < 4.78 is 0. The highest BCUT2D eigenvalue weighted by molar-refractivity contribution is 7.15. The average molecular weight is 519 g/mol. The van der Waals surface area contributed by atoms with Crippen molar-refractivity contribution in [2.24, 2.45) is 11.0 Å². The molecule has 1 aliphatic rings. The molecule has 2 heterocycles. The number of rotatable bonds is 8. The number of anilines is 1. The zero-order valence-corrected chi connectivity index (χ0v) is 22.4. The third kappa shape index (κ3) is 6.91. The first-order valence-electron chi connectivity index (χ1n) is 12.6. The van der Waals surface area contributed by atoms with Crippen molar-refractivity contribution in [2.75, 3.05) is 25.0 Å². The molecule has 0 unspecified atom stereocenters. The molecule has 2 aromatic carbocycles. The fourth-order valence-electron chi connectivity index (χ4n) is 4.46. The number of nitrogens with one attached hydrogen (secondary N) is 2. The molecule has 1 saturated heterocycles. The summed E-state index contributed by atoms with van der Waals surface area (Å²) in [5.74, 6) is -0.226. The number of thiophene rings is 1. The topological polar surface area (TPSA) is 94.0 Å². The summed E-state index contributed by atoms with van der Waals surface area (Å²) >= 11 is 1.32. The number of carbonyl (C=O) groups excluding carboxylic acids is 2. The summed E-state index contributed by atoms with van der Waals surface area (Å²) in [5.41, 5.74) is 8.65. The Morgan fingerprint density at radius 2 is 1.84 bits per heavy atom. The van der Waals surface area contributed by atoms with E-state index in [4.69, 9.17) is 0 Å². The Bertz CT molecular complexity index is 1290. The van der Waals surface area contributed by atoms with Crippen molar-refractivity contribution < 1.29 is 14.7 Å². The van der Waals surface area contributed by atoms with E-state index in [0.717, 1.165) is 54.7 Å². The van der Waals surface area contributed by atoms with Gasteiger partial charge in [-0.1, -0.05) is 30.3 Å². The Labute approximate surface area is 222 Å². The van der Waals surface area contributed by atoms with E-state index in [9.17, 15) is 14.7 Å². The van der Waals surface area contributed by atoms with E-state index in [-0.39, 0.29) is 18.4 Å². The number of hydrazone groups is 1. The Morgan fingerprint density at radius 1 is 1.05 bits per heavy atom. The van der Waals surface area contributed by atoms with E-state index in [1.165, 1.54) is 16.9 Å². The first-order valence-corrected chi connectivity index (χ1v) is 13.4. The lowest BCUT2D eigenvalue weighted by atomic mass is 9.97. The van der Waals surface area contributed by atoms with Crippen LogP contribution in [0.15, 0.2) is 52.9 Å². The van der Waals surface area contributed by atoms with Gasteiger partial charge in [-0.3, -0.25) is 14.5 Å². The van der Waals surface area contributed by atoms with Crippen LogP contribution in [-0.2, 0) is 6.54 Å². The molecule has 1 aromatic heterocycles. The molecule has 8 heteroatoms. The van der Waals surface area contributed by atoms with Crippen LogP contribution in [0.4, 0.5) is 5.00 Å². The molecule has 0 atom stereocenters. The molecule has 7 nitrogen and oxygen atoms in total. The molecule has 3 N–H and O–H groups in total. The highest BCUT2D eigenvalue weighted by Gasteiger charge is 2.21. The number of likely N-dealkylation sites (tertiary alicyclic amines) is 1. The van der Waals surface area contributed by atoms with Crippen LogP contribution in [-0.4, -0.2) is 47.7 Å². The molecule has 0 spiro atoms. The number of carbonyl (C=O) groups is 2. The third-order valence-electron chi connectivity index (χ3n) is 6.90. The highest BCUT2D eigenvalue weighted by atomic mass is 32.1. The number of aliphatic hydroxyl groups is 1. The maximum atomic E-state index is 13.1. The van der Waals surface area contributed by atoms with Gasteiger partial charge in [-0.2, -0.15) is 5.10 Å². The molecule has 1 fully saturated rings. The highest BCUT2D eigenvalue weighted by Crippen LogP contribution is 2.28. The molecule has 3 aromatic rings. The first-order chi connectivity index (χ1) is 17.8. The number of amides is 2. The standard InChI is InChI=1S/C29H34N4O3S/c1-19-7-8-23(13-20(19)2)15-30-32-28(36)26-21(3)18-37-29(26)31-27(35)25-6-4-5-24(14-25)16-33-11-9-22(17-34)10-12-33/h4-8,13-15,18,22,34H,9-12,16-17H2,1-3H3,(H,31,35)(H,32,36). The fraction of sp³-hybridized carbons (Fsp3) is 0.345. The van der Waals surface area contributed by atoms with Crippen molar-refractivity contribution in [3.63, 3.8) is 0 Å². The second-order valence-electron chi connectivity index (χ2n) is 9.72. The SMILES string of the molecule is Cc1ccc(C=NNC(=O)c2c(C)csc2NC(=O)c2cccc(CN3CCC(CO)CC3)c2)cc1C. The molecule has 1 aliphatic heterocycles. The molecule has 2 amide bonds. The second-order valence-corrected chi connectivity index (χ2v) is 10.6. The molecular formula is C29H34N4O3S. The lowest BCUT2D eigenvalue weighted by Crippen LogP contribution is -2.34. The minimum absolute atomic E-state index is 0.254. The van der Waals surface area contributed by atoms with Gasteiger partial charge in [0, 0.05) is 18.7 Å². The lowest BCUT2D eigenvalue weighted by molar-refractivity contribution is 0.0956. The van der Waals surface area contributed by atoms with E-state index < -0.39 is 0 Å². The summed E-state index contributed by atoms with van der Waals surface area (Å²) in [5, 5.41) is 18.7. The van der Waals surface area contributed by atoms with Gasteiger partial charge in [0.05, 0.1) is 11.8 Å². The fourth-order valence-corrected chi connectivity index (χ4v) is 5.39. The summed E-state index contributed by atoms with van der Waals surface area (Å²) in [7, 11) is 0. The van der Waals surface area contributed by atoms with Crippen LogP contribution in [0, 0.1) is 26.7 Å². The van der Waals surface area contributed by atoms with Crippen LogP contribution in [0.2, 0.25) is 0 Å². The monoisotopic (exact) mass is 518 g/mol. The van der Waals surface area contributed by atoms with Gasteiger partial charge < -0.3 is 10.4 Å². The first kappa shape index (κ1) is 26.7. The van der Waals surface area contributed by atoms with E-state index in [2.05, 4.69) is 20.7 Å². The van der Waals surface area contributed by atoms with Gasteiger partial charge in [-0.15, -0.1) is 11.3 Å². The smallest absolute Gasteiger partial charge is 0.274 e. The van der Waals surface area contributed by atoms with Crippen LogP contribution >= 0.6 is 11.3 Å². The van der Waals surface area contributed by atoms with Gasteiger partial charge >= 0.3 is 0 Å². The number of nitrogens with zero attached hydrogens (tertiary/aromatic N) is 2. The van der Waals surface area contributed by atoms with Crippen molar-refractivity contribution in [1.29, 1.82) is 0 Å². The van der Waals surface area contributed by atoms with Crippen LogP contribution in [0.25, 0.3) is 0 Å². The molecule has 37 heavy (non-hydrogen) atoms. The van der Waals surface area contributed by atoms with Gasteiger partial charge in [-0.05, 0) is 98.0 Å². The van der Waals surface area contributed by atoms with Gasteiger partial charge in [0.15, 0.2) is 0 Å². The molecular weight excluding hydrogens is 484 g/mol. The van der Waals surface area contributed by atoms with Crippen LogP contribution in [0.5, 0.6) is 0 Å². The summed E-state index contributed by atoms with van der Waals surface area (Å²) in [4.78, 5) is 28.3. The van der Waals surface area contributed by atoms with Gasteiger partial charge in [0.25, 0.3) is 11.8 Å². The van der Waals surface area contributed by atoms with E-state index in [1.54, 1.807) is 12.3 Å². The number of piperidine rings is 1. The Hall–Kier alpha value is -3.33. The average Bonchev–Trinajstić information content (AvgIpc) is 3.26. The molecule has 194 valence electrons. The normalized spacial score (nSPS) is 14.7. The van der Waals surface area contributed by atoms with Crippen molar-refractivity contribution in [2.45, 2.75) is 40.2 Å². The minimum atomic E-state index is -0.367. The van der Waals surface area contributed by atoms with Gasteiger partial charge in [-0.25, -0.2) is 5.43 Å². The Morgan fingerprint density at radius 3 is 2.57 bits per heavy atom. The van der Waals surface area contributed by atoms with Crippen LogP contribution in [0.3, 0.4) is 0 Å². The number of aryl methyl sites for hydroxylation is 3. The Balaban J connectivity index is 1.39. The zero-order valence-electron chi connectivity index (χ0n) is 21.6. The largest absolute Gasteiger partial charge is 0.396 e. The van der Waals surface area contributed by atoms with Crippen molar-refractivity contribution in [1.82, 2.24) is 10.3 Å². The van der Waals surface area contributed by atoms with Crippen molar-refractivity contribution in [3.05, 3.63) is 86.8 Å². The molecule has 0 aliphatic carbocycles. The van der Waals surface area contributed by atoms with Gasteiger partial charge in [0.2, 0.25) is 0 Å². The maximum Gasteiger partial charge on any atom is 0.274 e. The van der Waals surface area contributed by atoms with Crippen LogP contribution < -0.4 is 10.7 Å². The Kier molecular flexibility index (Phi) is 8.87. The van der Waals surface area contributed by atoms with Crippen molar-refractivity contribution >= 4 is 34.4 Å². The molecule has 0 bridgehead atoms. The predicted molar refractivity (Wildman–Crippen MR) is 150 cm³/mol. The number of hydrogen-bond donors (Lipinski definition) is 3.